The van der Waals surface area contributed by atoms with Crippen LogP contribution in [0.15, 0.2) is 26.0 Å². The van der Waals surface area contributed by atoms with E-state index in [9.17, 15) is 0 Å². The third-order valence-corrected chi connectivity index (χ3v) is 0. The van der Waals surface area contributed by atoms with Gasteiger partial charge in [-0.15, -0.1) is 13.2 Å². The molecule has 0 amide bonds. The van der Waals surface area contributed by atoms with Crippen molar-refractivity contribution in [1.82, 2.24) is 0 Å². The normalized spacial score (nSPS) is 4.56. The molecule has 2 N–H and O–H groups in total. The molecule has 9 heavy (non-hydrogen) atoms. The first-order valence-electron chi connectivity index (χ1n) is 2.09. The summed E-state index contributed by atoms with van der Waals surface area (Å²) in [5.74, 6) is -0.833. The number of aliphatic hydroxyl groups is 1. The average molecular weight is 132 g/mol. The van der Waals surface area contributed by atoms with Gasteiger partial charge in [0, 0.05) is 6.92 Å². The summed E-state index contributed by atoms with van der Waals surface area (Å²) in [4.78, 5) is 9.00. The molecular formula is C6H12O3. The van der Waals surface area contributed by atoms with Crippen molar-refractivity contribution >= 4 is 5.97 Å². The fourth-order valence-electron chi connectivity index (χ4n) is 0. The fourth-order valence-corrected chi connectivity index (χ4v) is 0. The summed E-state index contributed by atoms with van der Waals surface area (Å²) in [7, 11) is 0. The predicted octanol–water partition coefficient (Wildman–Crippen LogP) is 1.58. The minimum absolute atomic E-state index is 0.750. The molecule has 0 aliphatic carbocycles. The number of hydrogen-bond acceptors (Lipinski definition) is 2. The van der Waals surface area contributed by atoms with Crippen LogP contribution in [0, 0.1) is 0 Å². The van der Waals surface area contributed by atoms with Gasteiger partial charge in [-0.3, -0.25) is 4.79 Å². The summed E-state index contributed by atoms with van der Waals surface area (Å²) < 4.78 is 0. The fraction of sp³-hybridized carbons (Fsp3) is 0.167. The minimum atomic E-state index is -0.833. The molecule has 0 saturated heterocycles. The molecule has 54 valence electrons. The van der Waals surface area contributed by atoms with Gasteiger partial charge in [0.05, 0.1) is 6.26 Å². The summed E-state index contributed by atoms with van der Waals surface area (Å²) >= 11 is 0. The molecule has 3 heteroatoms. The Morgan fingerprint density at radius 1 is 1.56 bits per heavy atom. The quantitative estimate of drug-likeness (QED) is 0.388. The third kappa shape index (κ3) is 97.5. The molecule has 0 fully saturated rings. The molecule has 0 aromatic heterocycles. The molecule has 3 nitrogen and oxygen atoms in total. The van der Waals surface area contributed by atoms with E-state index in [0.717, 1.165) is 13.2 Å². The van der Waals surface area contributed by atoms with Gasteiger partial charge in [0.1, 0.15) is 0 Å². The first-order chi connectivity index (χ1) is 4.15. The van der Waals surface area contributed by atoms with Crippen LogP contribution >= 0.6 is 0 Å². The molecule has 0 aliphatic heterocycles. The minimum Gasteiger partial charge on any atom is -0.516 e. The Hall–Kier alpha value is -1.25. The molecule has 0 unspecified atom stereocenters. The highest BCUT2D eigenvalue weighted by molar-refractivity contribution is 5.62. The van der Waals surface area contributed by atoms with Crippen molar-refractivity contribution in [3.63, 3.8) is 0 Å². The van der Waals surface area contributed by atoms with Crippen molar-refractivity contribution in [2.24, 2.45) is 0 Å². The van der Waals surface area contributed by atoms with Crippen LogP contribution in [0.2, 0.25) is 0 Å². The van der Waals surface area contributed by atoms with E-state index < -0.39 is 5.97 Å². The Morgan fingerprint density at radius 3 is 1.56 bits per heavy atom. The first-order valence-corrected chi connectivity index (χ1v) is 2.09. The number of aliphatic carboxylic acids is 1. The maximum absolute atomic E-state index is 9.00. The van der Waals surface area contributed by atoms with Crippen LogP contribution in [0.25, 0.3) is 0 Å². The van der Waals surface area contributed by atoms with Gasteiger partial charge in [0.2, 0.25) is 0 Å². The van der Waals surface area contributed by atoms with Gasteiger partial charge in [0.25, 0.3) is 5.97 Å². The lowest BCUT2D eigenvalue weighted by Crippen LogP contribution is -1.78. The van der Waals surface area contributed by atoms with Crippen LogP contribution < -0.4 is 0 Å². The molecule has 0 spiro atoms. The molecule has 0 radical (unpaired) electrons. The molecule has 0 saturated carbocycles. The Bertz CT molecular complexity index is 64.7. The molecular weight excluding hydrogens is 120 g/mol. The summed E-state index contributed by atoms with van der Waals surface area (Å²) in [5.41, 5.74) is 0. The van der Waals surface area contributed by atoms with Crippen molar-refractivity contribution in [3.8, 4) is 0 Å². The third-order valence-electron chi connectivity index (χ3n) is 0. The number of carboxylic acids is 1. The lowest BCUT2D eigenvalue weighted by atomic mass is 10.9. The van der Waals surface area contributed by atoms with Gasteiger partial charge in [-0.1, -0.05) is 6.58 Å². The van der Waals surface area contributed by atoms with E-state index in [1.165, 1.54) is 0 Å². The molecule has 0 heterocycles. The van der Waals surface area contributed by atoms with Crippen molar-refractivity contribution in [1.29, 1.82) is 0 Å². The van der Waals surface area contributed by atoms with Crippen LogP contribution in [0.4, 0.5) is 0 Å². The summed E-state index contributed by atoms with van der Waals surface area (Å²) in [5, 5.41) is 14.8. The largest absolute Gasteiger partial charge is 0.516 e. The summed E-state index contributed by atoms with van der Waals surface area (Å²) in [6, 6.07) is 0. The lowest BCUT2D eigenvalue weighted by molar-refractivity contribution is -0.134. The van der Waals surface area contributed by atoms with E-state index in [-0.39, 0.29) is 0 Å². The number of hydrogen-bond donors (Lipinski definition) is 2. The summed E-state index contributed by atoms with van der Waals surface area (Å²) in [6.07, 6.45) is 0.750. The van der Waals surface area contributed by atoms with Crippen molar-refractivity contribution in [2.75, 3.05) is 0 Å². The Kier molecular flexibility index (Phi) is 51.3. The first kappa shape index (κ1) is 15.7. The highest BCUT2D eigenvalue weighted by Crippen LogP contribution is 1.42. The zero-order valence-electron chi connectivity index (χ0n) is 5.50. The van der Waals surface area contributed by atoms with E-state index >= 15 is 0 Å². The Balaban J connectivity index is -0.0000000646. The van der Waals surface area contributed by atoms with Crippen LogP contribution in [0.1, 0.15) is 6.92 Å². The highest BCUT2D eigenvalue weighted by Gasteiger charge is 1.65. The van der Waals surface area contributed by atoms with Crippen LogP contribution in [0.3, 0.4) is 0 Å². The highest BCUT2D eigenvalue weighted by atomic mass is 16.4. The molecule has 0 aliphatic rings. The molecule has 0 aromatic rings. The smallest absolute Gasteiger partial charge is 0.300 e. The standard InChI is InChI=1S/C2H4O2.C2H4O.C2H4/c1-2(3)4;1-2-3;1-2/h1H3,(H,3,4);2-3H,1H2;1-2H2. The van der Waals surface area contributed by atoms with E-state index in [2.05, 4.69) is 19.7 Å². The van der Waals surface area contributed by atoms with E-state index in [0.29, 0.717) is 0 Å². The van der Waals surface area contributed by atoms with Gasteiger partial charge in [-0.2, -0.15) is 0 Å². The zero-order chi connectivity index (χ0) is 8.28. The average Bonchev–Trinajstić information content (AvgIpc) is 1.71. The van der Waals surface area contributed by atoms with Crippen molar-refractivity contribution < 1.29 is 15.0 Å². The van der Waals surface area contributed by atoms with Gasteiger partial charge in [-0.25, -0.2) is 0 Å². The number of carboxylic acid groups (broad SMARTS) is 1. The lowest BCUT2D eigenvalue weighted by Gasteiger charge is -1.59. The van der Waals surface area contributed by atoms with Crippen LogP contribution in [-0.2, 0) is 4.79 Å². The topological polar surface area (TPSA) is 57.5 Å². The second-order valence-electron chi connectivity index (χ2n) is 0.702. The number of aliphatic hydroxyl groups excluding tert-OH is 1. The van der Waals surface area contributed by atoms with Gasteiger partial charge < -0.3 is 10.2 Å². The second kappa shape index (κ2) is 29.5. The van der Waals surface area contributed by atoms with Gasteiger partial charge in [0.15, 0.2) is 0 Å². The SMILES string of the molecule is C=C.C=CO.CC(=O)O. The van der Waals surface area contributed by atoms with E-state index in [4.69, 9.17) is 15.0 Å². The van der Waals surface area contributed by atoms with Crippen molar-refractivity contribution in [2.45, 2.75) is 6.92 Å². The van der Waals surface area contributed by atoms with Crippen molar-refractivity contribution in [3.05, 3.63) is 26.0 Å². The zero-order valence-corrected chi connectivity index (χ0v) is 5.50. The maximum atomic E-state index is 9.00. The molecule has 0 aromatic carbocycles. The van der Waals surface area contributed by atoms with Gasteiger partial charge >= 0.3 is 0 Å². The number of carbonyl (C=O) groups is 1. The monoisotopic (exact) mass is 132 g/mol. The number of rotatable bonds is 0. The maximum Gasteiger partial charge on any atom is 0.300 e. The van der Waals surface area contributed by atoms with E-state index in [1.54, 1.807) is 0 Å². The second-order valence-corrected chi connectivity index (χ2v) is 0.702. The predicted molar refractivity (Wildman–Crippen MR) is 37.4 cm³/mol. The van der Waals surface area contributed by atoms with E-state index in [1.807, 2.05) is 0 Å². The summed E-state index contributed by atoms with van der Waals surface area (Å²) in [6.45, 7) is 10.0. The van der Waals surface area contributed by atoms with Crippen LogP contribution in [-0.4, -0.2) is 16.2 Å². The molecule has 0 atom stereocenters. The molecule has 0 bridgehead atoms. The Morgan fingerprint density at radius 2 is 1.56 bits per heavy atom. The molecule has 0 rings (SSSR count). The van der Waals surface area contributed by atoms with Crippen LogP contribution in [0.5, 0.6) is 0 Å². The Labute approximate surface area is 54.9 Å². The van der Waals surface area contributed by atoms with Gasteiger partial charge in [-0.05, 0) is 0 Å².